The van der Waals surface area contributed by atoms with Crippen LogP contribution < -0.4 is 5.73 Å². The monoisotopic (exact) mass is 210 g/mol. The molecular formula is C13H26N2. The van der Waals surface area contributed by atoms with Gasteiger partial charge in [-0.2, -0.15) is 0 Å². The van der Waals surface area contributed by atoms with E-state index >= 15 is 0 Å². The summed E-state index contributed by atoms with van der Waals surface area (Å²) in [5, 5.41) is 0. The van der Waals surface area contributed by atoms with Crippen LogP contribution in [-0.4, -0.2) is 11.9 Å². The maximum atomic E-state index is 6.05. The molecule has 2 atom stereocenters. The summed E-state index contributed by atoms with van der Waals surface area (Å²) in [6, 6.07) is 0.403. The average Bonchev–Trinajstić information content (AvgIpc) is 2.70. The van der Waals surface area contributed by atoms with Crippen LogP contribution >= 0.6 is 0 Å². The van der Waals surface area contributed by atoms with Gasteiger partial charge in [0, 0.05) is 12.0 Å². The molecule has 1 saturated carbocycles. The molecule has 0 bridgehead atoms. The van der Waals surface area contributed by atoms with E-state index in [0.717, 1.165) is 11.8 Å². The van der Waals surface area contributed by atoms with Gasteiger partial charge in [0.2, 0.25) is 0 Å². The zero-order chi connectivity index (χ0) is 11.3. The van der Waals surface area contributed by atoms with Gasteiger partial charge in [-0.25, -0.2) is 0 Å². The third kappa shape index (κ3) is 4.23. The fourth-order valence-corrected chi connectivity index (χ4v) is 2.38. The van der Waals surface area contributed by atoms with Gasteiger partial charge < -0.3 is 5.73 Å². The molecular weight excluding hydrogens is 184 g/mol. The highest BCUT2D eigenvalue weighted by Crippen LogP contribution is 2.25. The number of aliphatic imine (C=N–C) groups is 1. The first kappa shape index (κ1) is 12.5. The Labute approximate surface area is 94.3 Å². The number of rotatable bonds is 5. The van der Waals surface area contributed by atoms with E-state index in [1.54, 1.807) is 0 Å². The summed E-state index contributed by atoms with van der Waals surface area (Å²) in [5.74, 6) is 2.27. The highest BCUT2D eigenvalue weighted by atomic mass is 14.9. The van der Waals surface area contributed by atoms with Crippen molar-refractivity contribution in [2.75, 3.05) is 0 Å². The van der Waals surface area contributed by atoms with Crippen molar-refractivity contribution in [1.29, 1.82) is 0 Å². The molecule has 1 rings (SSSR count). The van der Waals surface area contributed by atoms with Crippen molar-refractivity contribution in [3.63, 3.8) is 0 Å². The minimum Gasteiger partial charge on any atom is -0.387 e. The Hall–Kier alpha value is -0.530. The maximum Gasteiger partial charge on any atom is 0.0971 e. The molecule has 0 radical (unpaired) electrons. The molecule has 0 aromatic carbocycles. The van der Waals surface area contributed by atoms with E-state index in [-0.39, 0.29) is 0 Å². The van der Waals surface area contributed by atoms with E-state index in [4.69, 9.17) is 5.73 Å². The summed E-state index contributed by atoms with van der Waals surface area (Å²) in [6.07, 6.45) is 7.59. The topological polar surface area (TPSA) is 38.4 Å². The molecule has 88 valence electrons. The first-order chi connectivity index (χ1) is 7.13. The van der Waals surface area contributed by atoms with Crippen molar-refractivity contribution >= 4 is 5.84 Å². The lowest BCUT2D eigenvalue weighted by Crippen LogP contribution is -2.24. The van der Waals surface area contributed by atoms with Gasteiger partial charge in [0.05, 0.1) is 5.84 Å². The lowest BCUT2D eigenvalue weighted by Gasteiger charge is -2.15. The van der Waals surface area contributed by atoms with Crippen LogP contribution in [-0.2, 0) is 0 Å². The van der Waals surface area contributed by atoms with Crippen LogP contribution in [0.2, 0.25) is 0 Å². The Morgan fingerprint density at radius 3 is 2.47 bits per heavy atom. The minimum atomic E-state index is 0.403. The molecule has 2 N–H and O–H groups in total. The van der Waals surface area contributed by atoms with Crippen LogP contribution in [0.25, 0.3) is 0 Å². The largest absolute Gasteiger partial charge is 0.387 e. The van der Waals surface area contributed by atoms with E-state index in [2.05, 4.69) is 25.8 Å². The summed E-state index contributed by atoms with van der Waals surface area (Å²) in [4.78, 5) is 4.64. The summed E-state index contributed by atoms with van der Waals surface area (Å²) in [7, 11) is 0. The first-order valence-electron chi connectivity index (χ1n) is 6.46. The SMILES string of the molecule is CCC(C)CC(C)N=C(N)C1CCCC1. The number of nitrogens with zero attached hydrogens (tertiary/aromatic N) is 1. The van der Waals surface area contributed by atoms with Crippen molar-refractivity contribution in [2.45, 2.75) is 65.3 Å². The second-order valence-corrected chi connectivity index (χ2v) is 5.13. The predicted molar refractivity (Wildman–Crippen MR) is 67.1 cm³/mol. The first-order valence-corrected chi connectivity index (χ1v) is 6.46. The third-order valence-electron chi connectivity index (χ3n) is 3.58. The van der Waals surface area contributed by atoms with Gasteiger partial charge in [-0.15, -0.1) is 0 Å². The van der Waals surface area contributed by atoms with Gasteiger partial charge in [-0.1, -0.05) is 33.1 Å². The molecule has 0 saturated heterocycles. The molecule has 0 spiro atoms. The second kappa shape index (κ2) is 6.14. The molecule has 1 aliphatic carbocycles. The predicted octanol–water partition coefficient (Wildman–Crippen LogP) is 3.36. The highest BCUT2D eigenvalue weighted by molar-refractivity contribution is 5.83. The Morgan fingerprint density at radius 1 is 1.33 bits per heavy atom. The van der Waals surface area contributed by atoms with Crippen molar-refractivity contribution < 1.29 is 0 Å². The average molecular weight is 210 g/mol. The molecule has 1 fully saturated rings. The van der Waals surface area contributed by atoms with Gasteiger partial charge in [0.15, 0.2) is 0 Å². The Morgan fingerprint density at radius 2 is 1.93 bits per heavy atom. The number of hydrogen-bond acceptors (Lipinski definition) is 1. The Kier molecular flexibility index (Phi) is 5.13. The molecule has 1 aliphatic rings. The summed E-state index contributed by atoms with van der Waals surface area (Å²) in [5.41, 5.74) is 6.05. The molecule has 2 heteroatoms. The van der Waals surface area contributed by atoms with Crippen molar-refractivity contribution in [3.05, 3.63) is 0 Å². The Balaban J connectivity index is 2.39. The molecule has 15 heavy (non-hydrogen) atoms. The normalized spacial score (nSPS) is 23.0. The van der Waals surface area contributed by atoms with E-state index in [0.29, 0.717) is 12.0 Å². The number of nitrogens with two attached hydrogens (primary N) is 1. The second-order valence-electron chi connectivity index (χ2n) is 5.13. The number of amidine groups is 1. The van der Waals surface area contributed by atoms with Crippen LogP contribution in [0.1, 0.15) is 59.3 Å². The van der Waals surface area contributed by atoms with E-state index in [1.807, 2.05) is 0 Å². The van der Waals surface area contributed by atoms with Crippen molar-refractivity contribution in [3.8, 4) is 0 Å². The fraction of sp³-hybridized carbons (Fsp3) is 0.923. The summed E-state index contributed by atoms with van der Waals surface area (Å²) < 4.78 is 0. The summed E-state index contributed by atoms with van der Waals surface area (Å²) in [6.45, 7) is 6.72. The summed E-state index contributed by atoms with van der Waals surface area (Å²) >= 11 is 0. The Bertz CT molecular complexity index is 205. The maximum absolute atomic E-state index is 6.05. The van der Waals surface area contributed by atoms with Crippen molar-refractivity contribution in [2.24, 2.45) is 22.6 Å². The lowest BCUT2D eigenvalue weighted by molar-refractivity contribution is 0.468. The van der Waals surface area contributed by atoms with Gasteiger partial charge >= 0.3 is 0 Å². The van der Waals surface area contributed by atoms with Gasteiger partial charge in [0.1, 0.15) is 0 Å². The molecule has 2 unspecified atom stereocenters. The zero-order valence-electron chi connectivity index (χ0n) is 10.5. The molecule has 0 aliphatic heterocycles. The van der Waals surface area contributed by atoms with Crippen LogP contribution in [0.15, 0.2) is 4.99 Å². The molecule has 2 nitrogen and oxygen atoms in total. The molecule has 0 aromatic heterocycles. The smallest absolute Gasteiger partial charge is 0.0971 e. The molecule has 0 aromatic rings. The third-order valence-corrected chi connectivity index (χ3v) is 3.58. The fourth-order valence-electron chi connectivity index (χ4n) is 2.38. The van der Waals surface area contributed by atoms with Gasteiger partial charge in [-0.05, 0) is 32.1 Å². The lowest BCUT2D eigenvalue weighted by atomic mass is 10.0. The van der Waals surface area contributed by atoms with E-state index in [9.17, 15) is 0 Å². The van der Waals surface area contributed by atoms with Crippen LogP contribution in [0, 0.1) is 11.8 Å². The number of hydrogen-bond donors (Lipinski definition) is 1. The van der Waals surface area contributed by atoms with E-state index < -0.39 is 0 Å². The van der Waals surface area contributed by atoms with E-state index in [1.165, 1.54) is 38.5 Å². The molecule has 0 heterocycles. The minimum absolute atomic E-state index is 0.403. The van der Waals surface area contributed by atoms with Gasteiger partial charge in [0.25, 0.3) is 0 Å². The van der Waals surface area contributed by atoms with Crippen LogP contribution in [0.5, 0.6) is 0 Å². The molecule has 0 amide bonds. The van der Waals surface area contributed by atoms with Crippen LogP contribution in [0.4, 0.5) is 0 Å². The van der Waals surface area contributed by atoms with Crippen molar-refractivity contribution in [1.82, 2.24) is 0 Å². The quantitative estimate of drug-likeness (QED) is 0.548. The highest BCUT2D eigenvalue weighted by Gasteiger charge is 2.19. The van der Waals surface area contributed by atoms with Gasteiger partial charge in [-0.3, -0.25) is 4.99 Å². The van der Waals surface area contributed by atoms with Crippen LogP contribution in [0.3, 0.4) is 0 Å². The zero-order valence-corrected chi connectivity index (χ0v) is 10.5. The standard InChI is InChI=1S/C13H26N2/c1-4-10(2)9-11(3)15-13(14)12-7-5-6-8-12/h10-12H,4-9H2,1-3H3,(H2,14,15).